The molecule has 0 radical (unpaired) electrons. The quantitative estimate of drug-likeness (QED) is 0.812. The molecule has 0 aliphatic heterocycles. The van der Waals surface area contributed by atoms with E-state index in [1.165, 1.54) is 5.56 Å². The maximum Gasteiger partial charge on any atom is 0.142 e. The van der Waals surface area contributed by atoms with Gasteiger partial charge < -0.3 is 4.90 Å². The third kappa shape index (κ3) is 2.38. The molecule has 0 amide bonds. The van der Waals surface area contributed by atoms with Crippen molar-refractivity contribution in [2.45, 2.75) is 6.54 Å². The molecule has 0 aromatic carbocycles. The third-order valence-electron chi connectivity index (χ3n) is 2.30. The Morgan fingerprint density at radius 2 is 2.38 bits per heavy atom. The van der Waals surface area contributed by atoms with Crippen LogP contribution in [-0.2, 0) is 6.54 Å². The van der Waals surface area contributed by atoms with Crippen LogP contribution in [0.5, 0.6) is 0 Å². The minimum Gasteiger partial charge on any atom is -0.370 e. The normalized spacial score (nSPS) is 9.75. The molecule has 0 fully saturated rings. The largest absolute Gasteiger partial charge is 0.370 e. The summed E-state index contributed by atoms with van der Waals surface area (Å²) in [6.07, 6.45) is 1.66. The number of hydrogen-bond donors (Lipinski definition) is 0. The van der Waals surface area contributed by atoms with Gasteiger partial charge in [0.1, 0.15) is 11.8 Å². The maximum atomic E-state index is 8.77. The van der Waals surface area contributed by atoms with Crippen LogP contribution >= 0.6 is 11.3 Å². The molecule has 0 saturated carbocycles. The van der Waals surface area contributed by atoms with E-state index >= 15 is 0 Å². The van der Waals surface area contributed by atoms with Gasteiger partial charge in [-0.25, -0.2) is 4.98 Å². The van der Waals surface area contributed by atoms with Gasteiger partial charge in [-0.3, -0.25) is 0 Å². The first-order chi connectivity index (χ1) is 7.79. The first-order valence-electron chi connectivity index (χ1n) is 4.88. The van der Waals surface area contributed by atoms with Gasteiger partial charge in [0, 0.05) is 25.5 Å². The van der Waals surface area contributed by atoms with Crippen LogP contribution in [0.25, 0.3) is 0 Å². The zero-order chi connectivity index (χ0) is 11.4. The van der Waals surface area contributed by atoms with Crippen molar-refractivity contribution in [1.29, 1.82) is 5.26 Å². The zero-order valence-corrected chi connectivity index (χ0v) is 9.74. The zero-order valence-electron chi connectivity index (χ0n) is 8.92. The van der Waals surface area contributed by atoms with Crippen LogP contribution in [0.2, 0.25) is 0 Å². The molecule has 0 spiro atoms. The standard InChI is InChI=1S/C12H11N3S/c1-15(8-10-3-5-16-9-10)12-2-4-14-11(6-12)7-13/h2-6,9H,8H2,1H3. The Hall–Kier alpha value is -1.86. The Morgan fingerprint density at radius 1 is 1.50 bits per heavy atom. The van der Waals surface area contributed by atoms with Crippen molar-refractivity contribution in [1.82, 2.24) is 4.98 Å². The lowest BCUT2D eigenvalue weighted by atomic mass is 10.2. The number of pyridine rings is 1. The molecule has 0 bridgehead atoms. The molecule has 2 heterocycles. The highest BCUT2D eigenvalue weighted by molar-refractivity contribution is 7.07. The molecular weight excluding hydrogens is 218 g/mol. The van der Waals surface area contributed by atoms with Gasteiger partial charge in [-0.15, -0.1) is 0 Å². The van der Waals surface area contributed by atoms with E-state index in [1.54, 1.807) is 23.6 Å². The minimum atomic E-state index is 0.453. The number of aromatic nitrogens is 1. The molecule has 0 aliphatic carbocycles. The van der Waals surface area contributed by atoms with Crippen molar-refractivity contribution in [3.05, 3.63) is 46.4 Å². The highest BCUT2D eigenvalue weighted by Gasteiger charge is 2.03. The summed E-state index contributed by atoms with van der Waals surface area (Å²) in [5.74, 6) is 0. The van der Waals surface area contributed by atoms with Crippen molar-refractivity contribution < 1.29 is 0 Å². The number of rotatable bonds is 3. The summed E-state index contributed by atoms with van der Waals surface area (Å²) in [6.45, 7) is 0.846. The van der Waals surface area contributed by atoms with Gasteiger partial charge in [0.05, 0.1) is 0 Å². The van der Waals surface area contributed by atoms with Gasteiger partial charge in [0.15, 0.2) is 0 Å². The van der Waals surface area contributed by atoms with E-state index in [4.69, 9.17) is 5.26 Å². The van der Waals surface area contributed by atoms with Crippen LogP contribution in [0.3, 0.4) is 0 Å². The molecule has 16 heavy (non-hydrogen) atoms. The van der Waals surface area contributed by atoms with Crippen LogP contribution in [0, 0.1) is 11.3 Å². The third-order valence-corrected chi connectivity index (χ3v) is 3.03. The Morgan fingerprint density at radius 3 is 3.06 bits per heavy atom. The summed E-state index contributed by atoms with van der Waals surface area (Å²) in [7, 11) is 2.01. The predicted octanol–water partition coefficient (Wildman–Crippen LogP) is 2.65. The van der Waals surface area contributed by atoms with Gasteiger partial charge in [-0.05, 0) is 34.5 Å². The summed E-state index contributed by atoms with van der Waals surface area (Å²) in [4.78, 5) is 6.05. The minimum absolute atomic E-state index is 0.453. The molecule has 0 aliphatic rings. The van der Waals surface area contributed by atoms with Crippen molar-refractivity contribution in [2.75, 3.05) is 11.9 Å². The molecule has 80 valence electrons. The lowest BCUT2D eigenvalue weighted by Crippen LogP contribution is -2.16. The fourth-order valence-electron chi connectivity index (χ4n) is 1.47. The number of nitriles is 1. The molecule has 3 nitrogen and oxygen atoms in total. The molecule has 0 N–H and O–H groups in total. The number of nitrogens with zero attached hydrogens (tertiary/aromatic N) is 3. The Kier molecular flexibility index (Phi) is 3.18. The fraction of sp³-hybridized carbons (Fsp3) is 0.167. The van der Waals surface area contributed by atoms with E-state index in [2.05, 4.69) is 26.7 Å². The Labute approximate surface area is 98.6 Å². The summed E-state index contributed by atoms with van der Waals surface area (Å²) in [5.41, 5.74) is 2.75. The molecule has 2 aromatic rings. The van der Waals surface area contributed by atoms with Crippen LogP contribution in [0.4, 0.5) is 5.69 Å². The van der Waals surface area contributed by atoms with E-state index < -0.39 is 0 Å². The maximum absolute atomic E-state index is 8.77. The SMILES string of the molecule is CN(Cc1ccsc1)c1ccnc(C#N)c1. The summed E-state index contributed by atoms with van der Waals surface area (Å²) >= 11 is 1.69. The molecular formula is C12H11N3S. The highest BCUT2D eigenvalue weighted by Crippen LogP contribution is 2.16. The van der Waals surface area contributed by atoms with E-state index in [9.17, 15) is 0 Å². The van der Waals surface area contributed by atoms with Crippen LogP contribution < -0.4 is 4.90 Å². The lowest BCUT2D eigenvalue weighted by Gasteiger charge is -2.18. The monoisotopic (exact) mass is 229 g/mol. The van der Waals surface area contributed by atoms with Crippen molar-refractivity contribution in [3.63, 3.8) is 0 Å². The first kappa shape index (κ1) is 10.7. The van der Waals surface area contributed by atoms with E-state index in [1.807, 2.05) is 19.2 Å². The van der Waals surface area contributed by atoms with Crippen molar-refractivity contribution >= 4 is 17.0 Å². The fourth-order valence-corrected chi connectivity index (χ4v) is 2.13. The van der Waals surface area contributed by atoms with Gasteiger partial charge in [-0.1, -0.05) is 0 Å². The second-order valence-corrected chi connectivity index (χ2v) is 4.28. The highest BCUT2D eigenvalue weighted by atomic mass is 32.1. The van der Waals surface area contributed by atoms with Crippen molar-refractivity contribution in [2.24, 2.45) is 0 Å². The first-order valence-corrected chi connectivity index (χ1v) is 5.82. The van der Waals surface area contributed by atoms with Gasteiger partial charge in [0.2, 0.25) is 0 Å². The Balaban J connectivity index is 2.15. The van der Waals surface area contributed by atoms with E-state index in [0.717, 1.165) is 12.2 Å². The summed E-state index contributed by atoms with van der Waals surface area (Å²) < 4.78 is 0. The van der Waals surface area contributed by atoms with Gasteiger partial charge in [-0.2, -0.15) is 16.6 Å². The molecule has 4 heteroatoms. The number of hydrogen-bond acceptors (Lipinski definition) is 4. The van der Waals surface area contributed by atoms with Crippen LogP contribution in [-0.4, -0.2) is 12.0 Å². The number of thiophene rings is 1. The lowest BCUT2D eigenvalue weighted by molar-refractivity contribution is 0.924. The topological polar surface area (TPSA) is 39.9 Å². The van der Waals surface area contributed by atoms with Crippen LogP contribution in [0.15, 0.2) is 35.2 Å². The average Bonchev–Trinajstić information content (AvgIpc) is 2.82. The van der Waals surface area contributed by atoms with Gasteiger partial charge in [0.25, 0.3) is 0 Å². The van der Waals surface area contributed by atoms with Crippen molar-refractivity contribution in [3.8, 4) is 6.07 Å². The second-order valence-electron chi connectivity index (χ2n) is 3.50. The molecule has 0 saturated heterocycles. The number of anilines is 1. The summed E-state index contributed by atoms with van der Waals surface area (Å²) in [5, 5.41) is 13.0. The Bertz CT molecular complexity index is 499. The molecule has 0 unspecified atom stereocenters. The van der Waals surface area contributed by atoms with E-state index in [-0.39, 0.29) is 0 Å². The smallest absolute Gasteiger partial charge is 0.142 e. The molecule has 2 aromatic heterocycles. The molecule has 0 atom stereocenters. The van der Waals surface area contributed by atoms with Gasteiger partial charge >= 0.3 is 0 Å². The summed E-state index contributed by atoms with van der Waals surface area (Å²) in [6, 6.07) is 7.86. The molecule has 2 rings (SSSR count). The second kappa shape index (κ2) is 4.77. The average molecular weight is 229 g/mol. The van der Waals surface area contributed by atoms with E-state index in [0.29, 0.717) is 5.69 Å². The van der Waals surface area contributed by atoms with Crippen LogP contribution in [0.1, 0.15) is 11.3 Å². The predicted molar refractivity (Wildman–Crippen MR) is 65.4 cm³/mol.